The van der Waals surface area contributed by atoms with E-state index in [0.717, 1.165) is 13.2 Å². The fourth-order valence-electron chi connectivity index (χ4n) is 0.595. The van der Waals surface area contributed by atoms with Crippen LogP contribution in [0.2, 0.25) is 0 Å². The molecule has 0 heterocycles. The summed E-state index contributed by atoms with van der Waals surface area (Å²) in [5.41, 5.74) is 0. The number of rotatable bonds is 7. The van der Waals surface area contributed by atoms with Crippen LogP contribution < -0.4 is 0 Å². The van der Waals surface area contributed by atoms with Crippen molar-refractivity contribution in [2.24, 2.45) is 0 Å². The molecule has 86 valence electrons. The molecule has 0 saturated heterocycles. The third kappa shape index (κ3) is 22.5. The minimum Gasteiger partial charge on any atom is -0.481 e. The number of carbonyl (C=O) groups is 1. The Morgan fingerprint density at radius 1 is 1.07 bits per heavy atom. The van der Waals surface area contributed by atoms with Crippen molar-refractivity contribution in [2.75, 3.05) is 13.2 Å². The molecule has 0 aromatic rings. The fraction of sp³-hybridized carbons (Fsp3) is 0.909. The van der Waals surface area contributed by atoms with Gasteiger partial charge in [-0.15, -0.1) is 0 Å². The zero-order valence-corrected chi connectivity index (χ0v) is 9.71. The van der Waals surface area contributed by atoms with Crippen LogP contribution in [0.5, 0.6) is 0 Å². The summed E-state index contributed by atoms with van der Waals surface area (Å²) in [5, 5.41) is 7.72. The van der Waals surface area contributed by atoms with Gasteiger partial charge in [0.2, 0.25) is 0 Å². The average Bonchev–Trinajstić information content (AvgIpc) is 2.19. The highest BCUT2D eigenvalue weighted by atomic mass is 16.5. The first-order chi connectivity index (χ1) is 6.68. The number of carboxylic acid groups (broad SMARTS) is 1. The Hall–Kier alpha value is -0.570. The molecule has 0 aliphatic rings. The summed E-state index contributed by atoms with van der Waals surface area (Å²) in [6.07, 6.45) is 5.13. The van der Waals surface area contributed by atoms with Gasteiger partial charge in [-0.3, -0.25) is 4.79 Å². The van der Waals surface area contributed by atoms with Crippen molar-refractivity contribution < 1.29 is 14.6 Å². The van der Waals surface area contributed by atoms with E-state index < -0.39 is 5.97 Å². The van der Waals surface area contributed by atoms with Crippen molar-refractivity contribution in [3.05, 3.63) is 0 Å². The first-order valence-corrected chi connectivity index (χ1v) is 5.48. The molecule has 0 aliphatic carbocycles. The van der Waals surface area contributed by atoms with Crippen LogP contribution in [0.1, 0.15) is 52.9 Å². The van der Waals surface area contributed by atoms with E-state index in [1.165, 1.54) is 25.7 Å². The van der Waals surface area contributed by atoms with Crippen molar-refractivity contribution in [3.8, 4) is 0 Å². The molecule has 0 aromatic heterocycles. The van der Waals surface area contributed by atoms with Gasteiger partial charge in [0.25, 0.3) is 0 Å². The SMILES string of the molecule is CCC(=O)O.CCCCOCCCC. The molecule has 0 aliphatic heterocycles. The maximum absolute atomic E-state index is 9.37. The van der Waals surface area contributed by atoms with E-state index in [1.807, 2.05) is 0 Å². The molecule has 0 fully saturated rings. The lowest BCUT2D eigenvalue weighted by Crippen LogP contribution is -1.95. The van der Waals surface area contributed by atoms with Crippen LogP contribution in [0, 0.1) is 0 Å². The van der Waals surface area contributed by atoms with Gasteiger partial charge in [-0.25, -0.2) is 0 Å². The number of unbranched alkanes of at least 4 members (excludes halogenated alkanes) is 2. The van der Waals surface area contributed by atoms with Crippen molar-refractivity contribution >= 4 is 5.97 Å². The summed E-state index contributed by atoms with van der Waals surface area (Å²) in [4.78, 5) is 9.37. The van der Waals surface area contributed by atoms with Crippen LogP contribution in [0.15, 0.2) is 0 Å². The van der Waals surface area contributed by atoms with Crippen LogP contribution in [0.4, 0.5) is 0 Å². The molecule has 1 N–H and O–H groups in total. The lowest BCUT2D eigenvalue weighted by atomic mass is 10.3. The van der Waals surface area contributed by atoms with Gasteiger partial charge in [0.1, 0.15) is 0 Å². The van der Waals surface area contributed by atoms with Gasteiger partial charge in [-0.05, 0) is 12.8 Å². The van der Waals surface area contributed by atoms with E-state index in [2.05, 4.69) is 13.8 Å². The number of hydrogen-bond acceptors (Lipinski definition) is 2. The van der Waals surface area contributed by atoms with E-state index in [9.17, 15) is 4.79 Å². The highest BCUT2D eigenvalue weighted by Gasteiger charge is 1.84. The quantitative estimate of drug-likeness (QED) is 0.648. The van der Waals surface area contributed by atoms with E-state index in [4.69, 9.17) is 9.84 Å². The third-order valence-corrected chi connectivity index (χ3v) is 1.59. The zero-order chi connectivity index (χ0) is 11.2. The van der Waals surface area contributed by atoms with E-state index in [-0.39, 0.29) is 6.42 Å². The topological polar surface area (TPSA) is 46.5 Å². The second-order valence-corrected chi connectivity index (χ2v) is 3.07. The molecule has 3 heteroatoms. The lowest BCUT2D eigenvalue weighted by molar-refractivity contribution is -0.136. The molecule has 0 amide bonds. The van der Waals surface area contributed by atoms with Crippen LogP contribution >= 0.6 is 0 Å². The predicted molar refractivity (Wildman–Crippen MR) is 58.6 cm³/mol. The second-order valence-electron chi connectivity index (χ2n) is 3.07. The molecule has 0 aromatic carbocycles. The van der Waals surface area contributed by atoms with Crippen molar-refractivity contribution in [2.45, 2.75) is 52.9 Å². The summed E-state index contributed by atoms with van der Waals surface area (Å²) in [5.74, 6) is -0.745. The second kappa shape index (κ2) is 14.9. The molecule has 0 bridgehead atoms. The van der Waals surface area contributed by atoms with Gasteiger partial charge in [-0.2, -0.15) is 0 Å². The Morgan fingerprint density at radius 3 is 1.64 bits per heavy atom. The molecule has 0 atom stereocenters. The maximum Gasteiger partial charge on any atom is 0.303 e. The monoisotopic (exact) mass is 204 g/mol. The largest absolute Gasteiger partial charge is 0.481 e. The van der Waals surface area contributed by atoms with Gasteiger partial charge in [0, 0.05) is 19.6 Å². The van der Waals surface area contributed by atoms with Crippen LogP contribution in [0.3, 0.4) is 0 Å². The smallest absolute Gasteiger partial charge is 0.303 e. The van der Waals surface area contributed by atoms with E-state index in [0.29, 0.717) is 0 Å². The normalized spacial score (nSPS) is 9.07. The summed E-state index contributed by atoms with van der Waals surface area (Å²) in [7, 11) is 0. The third-order valence-electron chi connectivity index (χ3n) is 1.59. The summed E-state index contributed by atoms with van der Waals surface area (Å²) in [6.45, 7) is 7.88. The maximum atomic E-state index is 9.37. The molecule has 0 radical (unpaired) electrons. The molecule has 0 spiro atoms. The Labute approximate surface area is 87.5 Å². The standard InChI is InChI=1S/C8H18O.C3H6O2/c1-3-5-7-9-8-6-4-2;1-2-3(4)5/h3-8H2,1-2H3;2H2,1H3,(H,4,5). The number of aliphatic carboxylic acids is 1. The molecule has 0 unspecified atom stereocenters. The minimum absolute atomic E-state index is 0.222. The van der Waals surface area contributed by atoms with Crippen molar-refractivity contribution in [1.29, 1.82) is 0 Å². The summed E-state index contributed by atoms with van der Waals surface area (Å²) >= 11 is 0. The first-order valence-electron chi connectivity index (χ1n) is 5.48. The Bertz CT molecular complexity index is 107. The van der Waals surface area contributed by atoms with Crippen LogP contribution in [0.25, 0.3) is 0 Å². The van der Waals surface area contributed by atoms with Crippen LogP contribution in [-0.4, -0.2) is 24.3 Å². The van der Waals surface area contributed by atoms with E-state index in [1.54, 1.807) is 6.92 Å². The number of carboxylic acids is 1. The minimum atomic E-state index is -0.745. The lowest BCUT2D eigenvalue weighted by Gasteiger charge is -1.99. The van der Waals surface area contributed by atoms with Crippen LogP contribution in [-0.2, 0) is 9.53 Å². The summed E-state index contributed by atoms with van der Waals surface area (Å²) in [6, 6.07) is 0. The average molecular weight is 204 g/mol. The summed E-state index contributed by atoms with van der Waals surface area (Å²) < 4.78 is 5.31. The zero-order valence-electron chi connectivity index (χ0n) is 9.71. The Kier molecular flexibility index (Phi) is 16.9. The first kappa shape index (κ1) is 15.9. The number of ether oxygens (including phenoxy) is 1. The highest BCUT2D eigenvalue weighted by Crippen LogP contribution is 1.91. The molecule has 3 nitrogen and oxygen atoms in total. The molecule has 14 heavy (non-hydrogen) atoms. The fourth-order valence-corrected chi connectivity index (χ4v) is 0.595. The molecular formula is C11H24O3. The van der Waals surface area contributed by atoms with Crippen molar-refractivity contribution in [1.82, 2.24) is 0 Å². The van der Waals surface area contributed by atoms with Gasteiger partial charge >= 0.3 is 5.97 Å². The molecule has 0 rings (SSSR count). The Balaban J connectivity index is 0. The van der Waals surface area contributed by atoms with Gasteiger partial charge in [0.05, 0.1) is 0 Å². The van der Waals surface area contributed by atoms with Gasteiger partial charge in [-0.1, -0.05) is 33.6 Å². The molecular weight excluding hydrogens is 180 g/mol. The van der Waals surface area contributed by atoms with Gasteiger partial charge in [0.15, 0.2) is 0 Å². The molecule has 0 saturated carbocycles. The van der Waals surface area contributed by atoms with Gasteiger partial charge < -0.3 is 9.84 Å². The Morgan fingerprint density at radius 2 is 1.43 bits per heavy atom. The number of hydrogen-bond donors (Lipinski definition) is 1. The predicted octanol–water partition coefficient (Wildman–Crippen LogP) is 3.08. The van der Waals surface area contributed by atoms with E-state index >= 15 is 0 Å². The van der Waals surface area contributed by atoms with Crippen molar-refractivity contribution in [3.63, 3.8) is 0 Å². The highest BCUT2D eigenvalue weighted by molar-refractivity contribution is 5.66.